The molecular weight excluding hydrogens is 348 g/mol. The number of ether oxygens (including phenoxy) is 3. The van der Waals surface area contributed by atoms with Gasteiger partial charge in [-0.1, -0.05) is 18.2 Å². The molecule has 6 nitrogen and oxygen atoms in total. The summed E-state index contributed by atoms with van der Waals surface area (Å²) in [6, 6.07) is 12.0. The van der Waals surface area contributed by atoms with Crippen molar-refractivity contribution in [1.82, 2.24) is 0 Å². The van der Waals surface area contributed by atoms with Crippen molar-refractivity contribution in [2.24, 2.45) is 0 Å². The summed E-state index contributed by atoms with van der Waals surface area (Å²) in [6.45, 7) is 0. The Hall–Kier alpha value is -3.54. The third kappa shape index (κ3) is 3.55. The summed E-state index contributed by atoms with van der Waals surface area (Å²) in [5.74, 6) is 0.880. The number of carbonyl (C=O) groups excluding carboxylic acids is 1. The van der Waals surface area contributed by atoms with Crippen LogP contribution in [0, 0.1) is 0 Å². The average molecular weight is 366 g/mol. The minimum Gasteiger partial charge on any atom is -0.493 e. The summed E-state index contributed by atoms with van der Waals surface area (Å²) in [7, 11) is 4.52. The molecule has 0 fully saturated rings. The Bertz CT molecular complexity index is 1080. The summed E-state index contributed by atoms with van der Waals surface area (Å²) in [5.41, 5.74) is 0.324. The molecule has 1 aromatic heterocycles. The van der Waals surface area contributed by atoms with Crippen molar-refractivity contribution in [3.8, 4) is 17.2 Å². The van der Waals surface area contributed by atoms with Gasteiger partial charge in [0, 0.05) is 10.9 Å². The molecule has 0 aliphatic carbocycles. The molecule has 3 rings (SSSR count). The fourth-order valence-corrected chi connectivity index (χ4v) is 2.74. The van der Waals surface area contributed by atoms with Crippen molar-refractivity contribution in [3.05, 3.63) is 70.1 Å². The van der Waals surface area contributed by atoms with E-state index in [9.17, 15) is 9.59 Å². The summed E-state index contributed by atoms with van der Waals surface area (Å²) >= 11 is 0. The Balaban J connectivity index is 1.98. The Morgan fingerprint density at radius 3 is 2.41 bits per heavy atom. The molecule has 0 unspecified atom stereocenters. The van der Waals surface area contributed by atoms with Crippen LogP contribution in [0.5, 0.6) is 17.2 Å². The second kappa shape index (κ2) is 7.78. The predicted molar refractivity (Wildman–Crippen MR) is 102 cm³/mol. The first-order valence-electron chi connectivity index (χ1n) is 8.13. The lowest BCUT2D eigenvalue weighted by Crippen LogP contribution is -2.11. The minimum absolute atomic E-state index is 0.0376. The number of carbonyl (C=O) groups is 1. The minimum atomic E-state index is -0.678. The van der Waals surface area contributed by atoms with Crippen molar-refractivity contribution in [3.63, 3.8) is 0 Å². The van der Waals surface area contributed by atoms with Gasteiger partial charge in [0.1, 0.15) is 11.1 Å². The number of rotatable bonds is 6. The largest absolute Gasteiger partial charge is 0.493 e. The number of allylic oxidation sites excluding steroid dienone is 1. The number of methoxy groups -OCH3 is 3. The average Bonchev–Trinajstić information content (AvgIpc) is 2.70. The maximum Gasteiger partial charge on any atom is 0.347 e. The van der Waals surface area contributed by atoms with Crippen LogP contribution < -0.4 is 19.8 Å². The number of hydrogen-bond acceptors (Lipinski definition) is 6. The number of hydrogen-bond donors (Lipinski definition) is 0. The van der Waals surface area contributed by atoms with Crippen molar-refractivity contribution >= 4 is 22.8 Å². The van der Waals surface area contributed by atoms with Gasteiger partial charge in [0.25, 0.3) is 0 Å². The molecule has 1 heterocycles. The van der Waals surface area contributed by atoms with Gasteiger partial charge in [-0.2, -0.15) is 0 Å². The lowest BCUT2D eigenvalue weighted by Gasteiger charge is -2.13. The first-order chi connectivity index (χ1) is 13.1. The van der Waals surface area contributed by atoms with Crippen LogP contribution in [0.3, 0.4) is 0 Å². The van der Waals surface area contributed by atoms with Crippen molar-refractivity contribution in [1.29, 1.82) is 0 Å². The summed E-state index contributed by atoms with van der Waals surface area (Å²) in [4.78, 5) is 24.6. The van der Waals surface area contributed by atoms with Gasteiger partial charge in [0.15, 0.2) is 17.3 Å². The van der Waals surface area contributed by atoms with Crippen molar-refractivity contribution < 1.29 is 23.4 Å². The van der Waals surface area contributed by atoms with Crippen molar-refractivity contribution in [2.45, 2.75) is 0 Å². The van der Waals surface area contributed by atoms with Crippen LogP contribution in [0.4, 0.5) is 0 Å². The number of para-hydroxylation sites is 1. The summed E-state index contributed by atoms with van der Waals surface area (Å²) < 4.78 is 21.1. The van der Waals surface area contributed by atoms with Gasteiger partial charge in [-0.05, 0) is 36.4 Å². The van der Waals surface area contributed by atoms with E-state index in [1.54, 1.807) is 42.5 Å². The molecular formula is C21H18O6. The monoisotopic (exact) mass is 366 g/mol. The molecule has 0 aliphatic rings. The second-order valence-electron chi connectivity index (χ2n) is 5.61. The van der Waals surface area contributed by atoms with Crippen LogP contribution in [0.25, 0.3) is 17.0 Å². The first-order valence-corrected chi connectivity index (χ1v) is 8.13. The molecule has 6 heteroatoms. The Labute approximate surface area is 155 Å². The molecule has 3 aromatic rings. The number of fused-ring (bicyclic) bond motifs is 1. The highest BCUT2D eigenvalue weighted by Crippen LogP contribution is 2.40. The van der Waals surface area contributed by atoms with E-state index in [1.807, 2.05) is 0 Å². The molecule has 2 aromatic carbocycles. The molecule has 0 aliphatic heterocycles. The molecule has 0 bridgehead atoms. The topological polar surface area (TPSA) is 75.0 Å². The molecule has 0 spiro atoms. The van der Waals surface area contributed by atoms with Crippen LogP contribution in [-0.2, 0) is 0 Å². The second-order valence-corrected chi connectivity index (χ2v) is 5.61. The highest BCUT2D eigenvalue weighted by Gasteiger charge is 2.15. The van der Waals surface area contributed by atoms with Crippen molar-refractivity contribution in [2.75, 3.05) is 21.3 Å². The SMILES string of the molecule is COc1ccc(C=CC(=O)c2cc3ccccc3oc2=O)c(OC)c1OC. The van der Waals surface area contributed by atoms with Crippen LogP contribution in [0.1, 0.15) is 15.9 Å². The van der Waals surface area contributed by atoms with E-state index in [-0.39, 0.29) is 5.56 Å². The lowest BCUT2D eigenvalue weighted by atomic mass is 10.1. The van der Waals surface area contributed by atoms with Crippen LogP contribution >= 0.6 is 0 Å². The van der Waals surface area contributed by atoms with Crippen LogP contribution in [-0.4, -0.2) is 27.1 Å². The highest BCUT2D eigenvalue weighted by atomic mass is 16.5. The normalized spacial score (nSPS) is 10.9. The molecule has 0 saturated heterocycles. The van der Waals surface area contributed by atoms with E-state index >= 15 is 0 Å². The Kier molecular flexibility index (Phi) is 5.26. The van der Waals surface area contributed by atoms with E-state index in [2.05, 4.69) is 0 Å². The van der Waals surface area contributed by atoms with Gasteiger partial charge in [-0.25, -0.2) is 4.79 Å². The molecule has 0 saturated carbocycles. The van der Waals surface area contributed by atoms with Gasteiger partial charge < -0.3 is 18.6 Å². The standard InChI is InChI=1S/C21H18O6/c1-24-18-11-9-13(19(25-2)20(18)26-3)8-10-16(22)15-12-14-6-4-5-7-17(14)27-21(15)23/h4-12H,1-3H3. The number of benzene rings is 2. The Morgan fingerprint density at radius 2 is 1.70 bits per heavy atom. The van der Waals surface area contributed by atoms with Gasteiger partial charge in [0.05, 0.1) is 21.3 Å². The zero-order valence-corrected chi connectivity index (χ0v) is 15.1. The van der Waals surface area contributed by atoms with E-state index < -0.39 is 11.4 Å². The van der Waals surface area contributed by atoms with E-state index in [0.29, 0.717) is 33.8 Å². The quantitative estimate of drug-likeness (QED) is 0.376. The Morgan fingerprint density at radius 1 is 0.963 bits per heavy atom. The maximum absolute atomic E-state index is 12.5. The van der Waals surface area contributed by atoms with E-state index in [0.717, 1.165) is 0 Å². The smallest absolute Gasteiger partial charge is 0.347 e. The highest BCUT2D eigenvalue weighted by molar-refractivity contribution is 6.08. The fraction of sp³-hybridized carbons (Fsp3) is 0.143. The van der Waals surface area contributed by atoms with Gasteiger partial charge in [0.2, 0.25) is 5.75 Å². The lowest BCUT2D eigenvalue weighted by molar-refractivity contribution is 0.104. The van der Waals surface area contributed by atoms with Gasteiger partial charge in [-0.15, -0.1) is 0 Å². The number of ketones is 1. The zero-order valence-electron chi connectivity index (χ0n) is 15.1. The third-order valence-corrected chi connectivity index (χ3v) is 4.06. The third-order valence-electron chi connectivity index (χ3n) is 4.06. The first kappa shape index (κ1) is 18.3. The molecule has 0 amide bonds. The zero-order chi connectivity index (χ0) is 19.4. The maximum atomic E-state index is 12.5. The predicted octanol–water partition coefficient (Wildman–Crippen LogP) is 3.71. The molecule has 0 radical (unpaired) electrons. The summed E-state index contributed by atoms with van der Waals surface area (Å²) in [6.07, 6.45) is 2.85. The van der Waals surface area contributed by atoms with Gasteiger partial charge in [-0.3, -0.25) is 4.79 Å². The van der Waals surface area contributed by atoms with Crippen LogP contribution in [0.2, 0.25) is 0 Å². The van der Waals surface area contributed by atoms with Gasteiger partial charge >= 0.3 is 5.63 Å². The van der Waals surface area contributed by atoms with Crippen LogP contribution in [0.15, 0.2) is 57.8 Å². The molecule has 0 N–H and O–H groups in total. The summed E-state index contributed by atoms with van der Waals surface area (Å²) in [5, 5.41) is 0.678. The van der Waals surface area contributed by atoms with E-state index in [1.165, 1.54) is 33.5 Å². The molecule has 138 valence electrons. The molecule has 0 atom stereocenters. The molecule has 27 heavy (non-hydrogen) atoms. The fourth-order valence-electron chi connectivity index (χ4n) is 2.74. The van der Waals surface area contributed by atoms with E-state index in [4.69, 9.17) is 18.6 Å².